The largest absolute Gasteiger partial charge is 0.356 e. The molecule has 2 aliphatic rings. The summed E-state index contributed by atoms with van der Waals surface area (Å²) in [5.41, 5.74) is 0. The topological polar surface area (TPSA) is 29.1 Å². The molecular formula is C10H16BrNO. The van der Waals surface area contributed by atoms with E-state index in [1.807, 2.05) is 0 Å². The third-order valence-electron chi connectivity index (χ3n) is 3.22. The van der Waals surface area contributed by atoms with E-state index < -0.39 is 0 Å². The van der Waals surface area contributed by atoms with Crippen molar-refractivity contribution in [3.8, 4) is 0 Å². The average molecular weight is 246 g/mol. The second kappa shape index (κ2) is 3.99. The van der Waals surface area contributed by atoms with Crippen molar-refractivity contribution >= 4 is 21.8 Å². The Morgan fingerprint density at radius 1 is 1.38 bits per heavy atom. The van der Waals surface area contributed by atoms with Gasteiger partial charge in [-0.15, -0.1) is 0 Å². The number of alkyl halides is 1. The maximum atomic E-state index is 11.4. The number of nitrogens with one attached hydrogen (secondary N) is 1. The van der Waals surface area contributed by atoms with Crippen LogP contribution in [0.4, 0.5) is 0 Å². The van der Waals surface area contributed by atoms with Gasteiger partial charge >= 0.3 is 0 Å². The molecule has 0 aromatic rings. The van der Waals surface area contributed by atoms with Gasteiger partial charge < -0.3 is 5.32 Å². The van der Waals surface area contributed by atoms with Crippen molar-refractivity contribution < 1.29 is 4.79 Å². The highest BCUT2D eigenvalue weighted by molar-refractivity contribution is 9.09. The van der Waals surface area contributed by atoms with Gasteiger partial charge in [0.25, 0.3) is 0 Å². The molecule has 13 heavy (non-hydrogen) atoms. The van der Waals surface area contributed by atoms with Crippen LogP contribution in [0, 0.1) is 11.8 Å². The summed E-state index contributed by atoms with van der Waals surface area (Å²) in [5.74, 6) is 1.37. The molecule has 0 unspecified atom stereocenters. The molecule has 0 aliphatic heterocycles. The Morgan fingerprint density at radius 3 is 2.54 bits per heavy atom. The van der Waals surface area contributed by atoms with Gasteiger partial charge in [-0.1, -0.05) is 22.4 Å². The Bertz CT molecular complexity index is 197. The summed E-state index contributed by atoms with van der Waals surface area (Å²) in [6.45, 7) is 0.900. The van der Waals surface area contributed by atoms with Crippen LogP contribution in [0.1, 0.15) is 32.1 Å². The lowest BCUT2D eigenvalue weighted by Gasteiger charge is -2.32. The maximum Gasteiger partial charge on any atom is 0.223 e. The van der Waals surface area contributed by atoms with E-state index in [1.165, 1.54) is 19.3 Å². The molecule has 0 saturated heterocycles. The quantitative estimate of drug-likeness (QED) is 0.759. The van der Waals surface area contributed by atoms with Crippen LogP contribution in [-0.4, -0.2) is 17.3 Å². The summed E-state index contributed by atoms with van der Waals surface area (Å²) in [5, 5.41) is 3.05. The minimum absolute atomic E-state index is 0.296. The molecule has 0 atom stereocenters. The molecule has 2 nitrogen and oxygen atoms in total. The predicted molar refractivity (Wildman–Crippen MR) is 55.8 cm³/mol. The van der Waals surface area contributed by atoms with E-state index in [-0.39, 0.29) is 0 Å². The SMILES string of the molecule is O=C(NCC1CC(Br)C1)C1CCC1. The highest BCUT2D eigenvalue weighted by Gasteiger charge is 2.29. The van der Waals surface area contributed by atoms with E-state index >= 15 is 0 Å². The van der Waals surface area contributed by atoms with Gasteiger partial charge in [-0.25, -0.2) is 0 Å². The van der Waals surface area contributed by atoms with Crippen molar-refractivity contribution in [2.75, 3.05) is 6.54 Å². The Balaban J connectivity index is 1.59. The number of rotatable bonds is 3. The zero-order valence-electron chi connectivity index (χ0n) is 7.76. The fourth-order valence-electron chi connectivity index (χ4n) is 1.88. The molecule has 74 valence electrons. The van der Waals surface area contributed by atoms with E-state index in [4.69, 9.17) is 0 Å². The highest BCUT2D eigenvalue weighted by Crippen LogP contribution is 2.33. The van der Waals surface area contributed by atoms with Gasteiger partial charge in [0.2, 0.25) is 5.91 Å². The number of carbonyl (C=O) groups excluding carboxylic acids is 1. The number of hydrogen-bond acceptors (Lipinski definition) is 1. The first-order valence-corrected chi connectivity index (χ1v) is 6.09. The number of hydrogen-bond donors (Lipinski definition) is 1. The lowest BCUT2D eigenvalue weighted by atomic mass is 9.83. The van der Waals surface area contributed by atoms with Gasteiger partial charge in [-0.3, -0.25) is 4.79 Å². The van der Waals surface area contributed by atoms with Gasteiger partial charge in [-0.05, 0) is 31.6 Å². The highest BCUT2D eigenvalue weighted by atomic mass is 79.9. The minimum Gasteiger partial charge on any atom is -0.356 e. The normalized spacial score (nSPS) is 33.3. The van der Waals surface area contributed by atoms with Crippen molar-refractivity contribution in [1.29, 1.82) is 0 Å². The van der Waals surface area contributed by atoms with Crippen LogP contribution in [0.2, 0.25) is 0 Å². The van der Waals surface area contributed by atoms with Crippen LogP contribution in [0.5, 0.6) is 0 Å². The predicted octanol–water partition coefficient (Wildman–Crippen LogP) is 2.08. The fraction of sp³-hybridized carbons (Fsp3) is 0.900. The van der Waals surface area contributed by atoms with E-state index in [0.29, 0.717) is 16.7 Å². The monoisotopic (exact) mass is 245 g/mol. The number of amides is 1. The third-order valence-corrected chi connectivity index (χ3v) is 3.97. The van der Waals surface area contributed by atoms with Gasteiger partial charge in [0.15, 0.2) is 0 Å². The van der Waals surface area contributed by atoms with Crippen LogP contribution in [0.15, 0.2) is 0 Å². The van der Waals surface area contributed by atoms with Gasteiger partial charge in [0.1, 0.15) is 0 Å². The van der Waals surface area contributed by atoms with Crippen LogP contribution in [0.3, 0.4) is 0 Å². The second-order valence-electron chi connectivity index (χ2n) is 4.31. The Kier molecular flexibility index (Phi) is 2.92. The van der Waals surface area contributed by atoms with Crippen molar-refractivity contribution in [3.63, 3.8) is 0 Å². The first-order valence-electron chi connectivity index (χ1n) is 5.17. The first kappa shape index (κ1) is 9.50. The standard InChI is InChI=1S/C10H16BrNO/c11-9-4-7(5-9)6-12-10(13)8-2-1-3-8/h7-9H,1-6H2,(H,12,13). The summed E-state index contributed by atoms with van der Waals surface area (Å²) in [4.78, 5) is 12.1. The molecule has 0 heterocycles. The molecule has 0 spiro atoms. The molecule has 2 rings (SSSR count). The summed E-state index contributed by atoms with van der Waals surface area (Å²) in [6, 6.07) is 0. The van der Waals surface area contributed by atoms with Crippen LogP contribution in [-0.2, 0) is 4.79 Å². The molecule has 2 fully saturated rings. The average Bonchev–Trinajstić information content (AvgIpc) is 1.92. The van der Waals surface area contributed by atoms with Gasteiger partial charge in [0, 0.05) is 17.3 Å². The molecule has 2 aliphatic carbocycles. The maximum absolute atomic E-state index is 11.4. The van der Waals surface area contributed by atoms with Crippen molar-refractivity contribution in [2.24, 2.45) is 11.8 Å². The smallest absolute Gasteiger partial charge is 0.223 e. The number of carbonyl (C=O) groups is 1. The van der Waals surface area contributed by atoms with Crippen molar-refractivity contribution in [2.45, 2.75) is 36.9 Å². The lowest BCUT2D eigenvalue weighted by Crippen LogP contribution is -2.40. The fourth-order valence-corrected chi connectivity index (χ4v) is 2.94. The second-order valence-corrected chi connectivity index (χ2v) is 5.60. The van der Waals surface area contributed by atoms with E-state index in [1.54, 1.807) is 0 Å². The molecule has 0 radical (unpaired) electrons. The molecule has 0 bridgehead atoms. The first-order chi connectivity index (χ1) is 6.25. The lowest BCUT2D eigenvalue weighted by molar-refractivity contribution is -0.127. The Hall–Kier alpha value is -0.0500. The summed E-state index contributed by atoms with van der Waals surface area (Å²) in [6.07, 6.45) is 5.91. The summed E-state index contributed by atoms with van der Waals surface area (Å²) >= 11 is 3.55. The van der Waals surface area contributed by atoms with Gasteiger partial charge in [-0.2, -0.15) is 0 Å². The zero-order valence-corrected chi connectivity index (χ0v) is 9.35. The zero-order chi connectivity index (χ0) is 9.26. The van der Waals surface area contributed by atoms with Crippen molar-refractivity contribution in [3.05, 3.63) is 0 Å². The van der Waals surface area contributed by atoms with Crippen molar-refractivity contribution in [1.82, 2.24) is 5.32 Å². The summed E-state index contributed by atoms with van der Waals surface area (Å²) < 4.78 is 0. The van der Waals surface area contributed by atoms with Crippen LogP contribution < -0.4 is 5.32 Å². The molecule has 0 aromatic heterocycles. The van der Waals surface area contributed by atoms with E-state index in [2.05, 4.69) is 21.2 Å². The van der Waals surface area contributed by atoms with Gasteiger partial charge in [0.05, 0.1) is 0 Å². The van der Waals surface area contributed by atoms with Crippen LogP contribution in [0.25, 0.3) is 0 Å². The molecular weight excluding hydrogens is 230 g/mol. The molecule has 1 amide bonds. The summed E-state index contributed by atoms with van der Waals surface area (Å²) in [7, 11) is 0. The van der Waals surface area contributed by atoms with E-state index in [0.717, 1.165) is 25.3 Å². The van der Waals surface area contributed by atoms with Crippen LogP contribution >= 0.6 is 15.9 Å². The Labute approximate surface area is 87.6 Å². The Morgan fingerprint density at radius 2 is 2.08 bits per heavy atom. The van der Waals surface area contributed by atoms with E-state index in [9.17, 15) is 4.79 Å². The molecule has 2 saturated carbocycles. The molecule has 3 heteroatoms. The number of halogens is 1. The molecule has 1 N–H and O–H groups in total. The molecule has 0 aromatic carbocycles. The third kappa shape index (κ3) is 2.25. The minimum atomic E-state index is 0.296.